The van der Waals surface area contributed by atoms with Gasteiger partial charge in [-0.05, 0) is 34.5 Å². The van der Waals surface area contributed by atoms with Crippen LogP contribution < -0.4 is 9.64 Å². The van der Waals surface area contributed by atoms with Gasteiger partial charge in [0, 0.05) is 0 Å². The summed E-state index contributed by atoms with van der Waals surface area (Å²) < 4.78 is 5.25. The van der Waals surface area contributed by atoms with Gasteiger partial charge in [-0.25, -0.2) is 0 Å². The highest BCUT2D eigenvalue weighted by Crippen LogP contribution is 2.21. The zero-order valence-corrected chi connectivity index (χ0v) is 12.7. The summed E-state index contributed by atoms with van der Waals surface area (Å²) in [6, 6.07) is 12.5. The predicted molar refractivity (Wildman–Crippen MR) is 86.3 cm³/mol. The second kappa shape index (κ2) is 6.14. The number of nitrogens with one attached hydrogen (secondary N) is 1. The highest BCUT2D eigenvalue weighted by Gasteiger charge is 2.13. The standard InChI is InChI=1S/C17H21N3O/c1-19-7-9-20(10-8-19)18-13-14-3-4-16-12-17(21-2)6-5-15(16)11-14/h3-6,11-13H,7-10H2,1-2H3/p+1/b18-13-. The summed E-state index contributed by atoms with van der Waals surface area (Å²) in [5.74, 6) is 0.892. The SMILES string of the molecule is COc1ccc2cc(/C=N\N3CC[NH+](C)CC3)ccc2c1. The van der Waals surface area contributed by atoms with Crippen LogP contribution in [0.4, 0.5) is 0 Å². The van der Waals surface area contributed by atoms with Gasteiger partial charge in [0.05, 0.1) is 46.6 Å². The van der Waals surface area contributed by atoms with Crippen molar-refractivity contribution in [2.75, 3.05) is 40.3 Å². The third-order valence-electron chi connectivity index (χ3n) is 4.03. The summed E-state index contributed by atoms with van der Waals surface area (Å²) in [5.41, 5.74) is 1.14. The van der Waals surface area contributed by atoms with Gasteiger partial charge >= 0.3 is 0 Å². The van der Waals surface area contributed by atoms with Gasteiger partial charge in [-0.3, -0.25) is 5.01 Å². The van der Waals surface area contributed by atoms with Crippen molar-refractivity contribution in [3.05, 3.63) is 42.0 Å². The molecular formula is C17H22N3O+. The van der Waals surface area contributed by atoms with E-state index in [9.17, 15) is 0 Å². The first-order chi connectivity index (χ1) is 10.2. The molecule has 4 nitrogen and oxygen atoms in total. The monoisotopic (exact) mass is 284 g/mol. The molecule has 0 bridgehead atoms. The van der Waals surface area contributed by atoms with Crippen molar-refractivity contribution >= 4 is 17.0 Å². The van der Waals surface area contributed by atoms with Crippen molar-refractivity contribution in [1.82, 2.24) is 5.01 Å². The molecule has 0 aromatic heterocycles. The number of ether oxygens (including phenoxy) is 1. The van der Waals surface area contributed by atoms with Crippen LogP contribution >= 0.6 is 0 Å². The molecule has 0 amide bonds. The molecule has 0 saturated carbocycles. The van der Waals surface area contributed by atoms with Crippen LogP contribution in [0.15, 0.2) is 41.5 Å². The first kappa shape index (κ1) is 13.9. The average Bonchev–Trinajstić information content (AvgIpc) is 2.53. The number of fused-ring (bicyclic) bond motifs is 1. The molecule has 0 unspecified atom stereocenters. The van der Waals surface area contributed by atoms with E-state index < -0.39 is 0 Å². The molecule has 0 aliphatic carbocycles. The van der Waals surface area contributed by atoms with E-state index in [2.05, 4.69) is 47.5 Å². The maximum Gasteiger partial charge on any atom is 0.119 e. The Kier molecular flexibility index (Phi) is 4.06. The fourth-order valence-electron chi connectivity index (χ4n) is 2.59. The van der Waals surface area contributed by atoms with Gasteiger partial charge in [0.1, 0.15) is 5.75 Å². The Balaban J connectivity index is 1.75. The Hall–Kier alpha value is -2.07. The molecule has 1 aliphatic heterocycles. The second-order valence-electron chi connectivity index (χ2n) is 5.63. The molecule has 3 rings (SSSR count). The molecule has 1 aliphatic rings. The highest BCUT2D eigenvalue weighted by molar-refractivity contribution is 5.91. The molecule has 0 spiro atoms. The van der Waals surface area contributed by atoms with Crippen LogP contribution in [0, 0.1) is 0 Å². The van der Waals surface area contributed by atoms with Gasteiger partial charge in [0.15, 0.2) is 0 Å². The largest absolute Gasteiger partial charge is 0.497 e. The number of hydrazone groups is 1. The quantitative estimate of drug-likeness (QED) is 0.853. The van der Waals surface area contributed by atoms with Crippen molar-refractivity contribution in [2.45, 2.75) is 0 Å². The van der Waals surface area contributed by atoms with E-state index in [0.29, 0.717) is 0 Å². The molecule has 2 aromatic rings. The maximum absolute atomic E-state index is 5.25. The molecule has 1 saturated heterocycles. The molecule has 21 heavy (non-hydrogen) atoms. The normalized spacial score (nSPS) is 16.8. The van der Waals surface area contributed by atoms with Gasteiger partial charge in [0.2, 0.25) is 0 Å². The number of hydrogen-bond donors (Lipinski definition) is 1. The fraction of sp³-hybridized carbons (Fsp3) is 0.353. The minimum Gasteiger partial charge on any atom is -0.497 e. The number of nitrogens with zero attached hydrogens (tertiary/aromatic N) is 2. The van der Waals surface area contributed by atoms with Gasteiger partial charge in [-0.1, -0.05) is 18.2 Å². The smallest absolute Gasteiger partial charge is 0.119 e. The zero-order chi connectivity index (χ0) is 14.7. The van der Waals surface area contributed by atoms with E-state index in [0.717, 1.165) is 37.5 Å². The summed E-state index contributed by atoms with van der Waals surface area (Å²) in [4.78, 5) is 1.58. The predicted octanol–water partition coefficient (Wildman–Crippen LogP) is 1.01. The Labute approximate surface area is 125 Å². The minimum absolute atomic E-state index is 0.892. The third kappa shape index (κ3) is 3.34. The summed E-state index contributed by atoms with van der Waals surface area (Å²) in [5, 5.41) is 9.16. The first-order valence-electron chi connectivity index (χ1n) is 7.42. The number of quaternary nitrogens is 1. The van der Waals surface area contributed by atoms with Crippen LogP contribution in [-0.2, 0) is 0 Å². The van der Waals surface area contributed by atoms with Gasteiger partial charge < -0.3 is 9.64 Å². The lowest BCUT2D eigenvalue weighted by atomic mass is 10.1. The van der Waals surface area contributed by atoms with E-state index >= 15 is 0 Å². The Bertz CT molecular complexity index is 646. The van der Waals surface area contributed by atoms with Gasteiger partial charge in [-0.2, -0.15) is 5.10 Å². The Morgan fingerprint density at radius 1 is 1.10 bits per heavy atom. The highest BCUT2D eigenvalue weighted by atomic mass is 16.5. The van der Waals surface area contributed by atoms with Crippen LogP contribution in [0.2, 0.25) is 0 Å². The van der Waals surface area contributed by atoms with Crippen LogP contribution in [0.3, 0.4) is 0 Å². The van der Waals surface area contributed by atoms with Crippen LogP contribution in [0.25, 0.3) is 10.8 Å². The number of methoxy groups -OCH3 is 1. The van der Waals surface area contributed by atoms with Crippen molar-refractivity contribution < 1.29 is 9.64 Å². The van der Waals surface area contributed by atoms with E-state index in [1.54, 1.807) is 12.0 Å². The fourth-order valence-corrected chi connectivity index (χ4v) is 2.59. The van der Waals surface area contributed by atoms with Crippen molar-refractivity contribution in [2.24, 2.45) is 5.10 Å². The minimum atomic E-state index is 0.892. The topological polar surface area (TPSA) is 29.3 Å². The summed E-state index contributed by atoms with van der Waals surface area (Å²) in [6.45, 7) is 4.39. The molecule has 110 valence electrons. The lowest BCUT2D eigenvalue weighted by Gasteiger charge is -2.27. The molecule has 1 N–H and O–H groups in total. The molecular weight excluding hydrogens is 262 g/mol. The summed E-state index contributed by atoms with van der Waals surface area (Å²) >= 11 is 0. The number of hydrogen-bond acceptors (Lipinski definition) is 3. The molecule has 0 radical (unpaired) electrons. The van der Waals surface area contributed by atoms with Crippen molar-refractivity contribution in [3.63, 3.8) is 0 Å². The average molecular weight is 284 g/mol. The lowest BCUT2D eigenvalue weighted by molar-refractivity contribution is -0.884. The number of benzene rings is 2. The summed E-state index contributed by atoms with van der Waals surface area (Å²) in [6.07, 6.45) is 1.96. The Morgan fingerprint density at radius 2 is 1.81 bits per heavy atom. The van der Waals surface area contributed by atoms with E-state index in [4.69, 9.17) is 4.74 Å². The first-order valence-corrected chi connectivity index (χ1v) is 7.42. The molecule has 2 aromatic carbocycles. The second-order valence-corrected chi connectivity index (χ2v) is 5.63. The van der Waals surface area contributed by atoms with Gasteiger partial charge in [-0.15, -0.1) is 0 Å². The van der Waals surface area contributed by atoms with Crippen LogP contribution in [0.5, 0.6) is 5.75 Å². The number of likely N-dealkylation sites (N-methyl/N-ethyl adjacent to an activating group) is 1. The molecule has 1 fully saturated rings. The Morgan fingerprint density at radius 3 is 2.57 bits per heavy atom. The molecule has 1 heterocycles. The van der Waals surface area contributed by atoms with Gasteiger partial charge in [0.25, 0.3) is 0 Å². The van der Waals surface area contributed by atoms with Crippen molar-refractivity contribution in [1.29, 1.82) is 0 Å². The van der Waals surface area contributed by atoms with Crippen molar-refractivity contribution in [3.8, 4) is 5.75 Å². The lowest BCUT2D eigenvalue weighted by Crippen LogP contribution is -3.11. The molecule has 0 atom stereocenters. The van der Waals surface area contributed by atoms with E-state index in [1.165, 1.54) is 10.8 Å². The molecule has 4 heteroatoms. The number of piperazine rings is 1. The maximum atomic E-state index is 5.25. The third-order valence-corrected chi connectivity index (χ3v) is 4.03. The van der Waals surface area contributed by atoms with Crippen LogP contribution in [0.1, 0.15) is 5.56 Å². The van der Waals surface area contributed by atoms with E-state index in [-0.39, 0.29) is 0 Å². The van der Waals surface area contributed by atoms with Crippen LogP contribution in [-0.4, -0.2) is 51.6 Å². The number of rotatable bonds is 3. The summed E-state index contributed by atoms with van der Waals surface area (Å²) in [7, 11) is 3.93. The zero-order valence-electron chi connectivity index (χ0n) is 12.7. The van der Waals surface area contributed by atoms with E-state index in [1.807, 2.05) is 12.3 Å².